The van der Waals surface area contributed by atoms with Crippen LogP contribution in [0.2, 0.25) is 5.02 Å². The number of carbonyl (C=O) groups is 1. The Bertz CT molecular complexity index is 462. The number of benzene rings is 1. The van der Waals surface area contributed by atoms with Gasteiger partial charge in [0.05, 0.1) is 11.7 Å². The molecule has 18 heavy (non-hydrogen) atoms. The molecule has 5 heteroatoms. The van der Waals surface area contributed by atoms with Crippen LogP contribution in [0.15, 0.2) is 18.2 Å². The van der Waals surface area contributed by atoms with Crippen LogP contribution in [0.3, 0.4) is 0 Å². The number of hydrogen-bond donors (Lipinski definition) is 2. The Balaban J connectivity index is 2.15. The molecule has 0 aliphatic carbocycles. The number of likely N-dealkylation sites (tertiary alicyclic amines) is 1. The molecular formula is C13H17ClN2O2. The molecule has 2 unspecified atom stereocenters. The van der Waals surface area contributed by atoms with Gasteiger partial charge in [0, 0.05) is 29.7 Å². The zero-order chi connectivity index (χ0) is 13.3. The highest BCUT2D eigenvalue weighted by atomic mass is 35.5. The van der Waals surface area contributed by atoms with E-state index in [4.69, 9.17) is 17.3 Å². The molecule has 0 spiro atoms. The van der Waals surface area contributed by atoms with E-state index < -0.39 is 0 Å². The maximum absolute atomic E-state index is 12.3. The van der Waals surface area contributed by atoms with E-state index in [9.17, 15) is 9.90 Å². The van der Waals surface area contributed by atoms with Gasteiger partial charge < -0.3 is 15.7 Å². The highest BCUT2D eigenvalue weighted by Gasteiger charge is 2.30. The Labute approximate surface area is 111 Å². The van der Waals surface area contributed by atoms with Crippen molar-refractivity contribution < 1.29 is 9.90 Å². The monoisotopic (exact) mass is 268 g/mol. The summed E-state index contributed by atoms with van der Waals surface area (Å²) in [5, 5.41) is 10.0. The Kier molecular flexibility index (Phi) is 3.78. The fourth-order valence-electron chi connectivity index (χ4n) is 2.25. The van der Waals surface area contributed by atoms with Gasteiger partial charge >= 0.3 is 0 Å². The standard InChI is InChI=1S/C13H17ClN2O2/c1-8(17)9-4-5-16(7-9)13(18)11-6-10(14)2-3-12(11)15/h2-3,6,8-9,17H,4-5,7,15H2,1H3. The molecule has 1 heterocycles. The number of nitrogen functional groups attached to an aromatic ring is 1. The molecule has 1 saturated heterocycles. The molecule has 0 aromatic heterocycles. The van der Waals surface area contributed by atoms with E-state index in [0.717, 1.165) is 6.42 Å². The molecule has 1 aliphatic rings. The first kappa shape index (κ1) is 13.2. The third kappa shape index (κ3) is 2.60. The second-order valence-electron chi connectivity index (χ2n) is 4.77. The average molecular weight is 269 g/mol. The first-order chi connectivity index (χ1) is 8.49. The van der Waals surface area contributed by atoms with Gasteiger partial charge in [-0.1, -0.05) is 11.6 Å². The first-order valence-electron chi connectivity index (χ1n) is 6.01. The van der Waals surface area contributed by atoms with Gasteiger partial charge in [-0.05, 0) is 31.5 Å². The summed E-state index contributed by atoms with van der Waals surface area (Å²) in [7, 11) is 0. The van der Waals surface area contributed by atoms with E-state index in [-0.39, 0.29) is 17.9 Å². The molecule has 98 valence electrons. The van der Waals surface area contributed by atoms with E-state index in [2.05, 4.69) is 0 Å². The summed E-state index contributed by atoms with van der Waals surface area (Å²) >= 11 is 5.88. The van der Waals surface area contributed by atoms with E-state index in [0.29, 0.717) is 29.4 Å². The molecule has 2 atom stereocenters. The number of amides is 1. The second kappa shape index (κ2) is 5.16. The Morgan fingerprint density at radius 1 is 1.61 bits per heavy atom. The smallest absolute Gasteiger partial charge is 0.256 e. The summed E-state index contributed by atoms with van der Waals surface area (Å²) in [6.45, 7) is 2.98. The fourth-order valence-corrected chi connectivity index (χ4v) is 2.42. The maximum atomic E-state index is 12.3. The van der Waals surface area contributed by atoms with Crippen LogP contribution in [-0.2, 0) is 0 Å². The van der Waals surface area contributed by atoms with Crippen LogP contribution in [0.1, 0.15) is 23.7 Å². The number of anilines is 1. The molecule has 0 bridgehead atoms. The van der Waals surface area contributed by atoms with Gasteiger partial charge in [0.2, 0.25) is 0 Å². The lowest BCUT2D eigenvalue weighted by Crippen LogP contribution is -2.30. The summed E-state index contributed by atoms with van der Waals surface area (Å²) in [4.78, 5) is 14.0. The average Bonchev–Trinajstić information content (AvgIpc) is 2.81. The van der Waals surface area contributed by atoms with E-state index in [1.165, 1.54) is 0 Å². The lowest BCUT2D eigenvalue weighted by Gasteiger charge is -2.18. The normalized spacial score (nSPS) is 21.1. The van der Waals surface area contributed by atoms with Crippen molar-refractivity contribution >= 4 is 23.2 Å². The molecule has 1 aromatic rings. The van der Waals surface area contributed by atoms with Crippen molar-refractivity contribution in [3.63, 3.8) is 0 Å². The third-order valence-electron chi connectivity index (χ3n) is 3.44. The fraction of sp³-hybridized carbons (Fsp3) is 0.462. The number of nitrogens with two attached hydrogens (primary N) is 1. The largest absolute Gasteiger partial charge is 0.398 e. The molecule has 4 nitrogen and oxygen atoms in total. The molecule has 0 radical (unpaired) electrons. The molecule has 1 fully saturated rings. The predicted molar refractivity (Wildman–Crippen MR) is 71.6 cm³/mol. The minimum atomic E-state index is -0.389. The number of rotatable bonds is 2. The van der Waals surface area contributed by atoms with Crippen molar-refractivity contribution in [2.75, 3.05) is 18.8 Å². The minimum Gasteiger partial charge on any atom is -0.398 e. The van der Waals surface area contributed by atoms with E-state index >= 15 is 0 Å². The number of nitrogens with zero attached hydrogens (tertiary/aromatic N) is 1. The van der Waals surface area contributed by atoms with Crippen LogP contribution < -0.4 is 5.73 Å². The van der Waals surface area contributed by atoms with Crippen LogP contribution in [0.25, 0.3) is 0 Å². The Morgan fingerprint density at radius 2 is 2.33 bits per heavy atom. The van der Waals surface area contributed by atoms with Crippen molar-refractivity contribution in [2.24, 2.45) is 5.92 Å². The first-order valence-corrected chi connectivity index (χ1v) is 6.39. The summed E-state index contributed by atoms with van der Waals surface area (Å²) in [6.07, 6.45) is 0.434. The number of aliphatic hydroxyl groups is 1. The predicted octanol–water partition coefficient (Wildman–Crippen LogP) is 1.77. The number of halogens is 1. The minimum absolute atomic E-state index is 0.113. The quantitative estimate of drug-likeness (QED) is 0.804. The third-order valence-corrected chi connectivity index (χ3v) is 3.67. The zero-order valence-electron chi connectivity index (χ0n) is 10.3. The summed E-state index contributed by atoms with van der Waals surface area (Å²) in [5.74, 6) is 0.0347. The summed E-state index contributed by atoms with van der Waals surface area (Å²) < 4.78 is 0. The van der Waals surface area contributed by atoms with Crippen molar-refractivity contribution in [2.45, 2.75) is 19.4 Å². The highest BCUT2D eigenvalue weighted by molar-refractivity contribution is 6.31. The van der Waals surface area contributed by atoms with Crippen LogP contribution in [0, 0.1) is 5.92 Å². The lowest BCUT2D eigenvalue weighted by molar-refractivity contribution is 0.0763. The van der Waals surface area contributed by atoms with Crippen molar-refractivity contribution in [1.29, 1.82) is 0 Å². The zero-order valence-corrected chi connectivity index (χ0v) is 11.0. The van der Waals surface area contributed by atoms with Gasteiger partial charge in [0.25, 0.3) is 5.91 Å². The van der Waals surface area contributed by atoms with Gasteiger partial charge in [0.1, 0.15) is 0 Å². The molecule has 3 N–H and O–H groups in total. The van der Waals surface area contributed by atoms with E-state index in [1.807, 2.05) is 0 Å². The molecular weight excluding hydrogens is 252 g/mol. The van der Waals surface area contributed by atoms with Crippen molar-refractivity contribution in [3.8, 4) is 0 Å². The van der Waals surface area contributed by atoms with E-state index in [1.54, 1.807) is 30.0 Å². The number of aliphatic hydroxyl groups excluding tert-OH is 1. The van der Waals surface area contributed by atoms with Crippen LogP contribution in [-0.4, -0.2) is 35.1 Å². The summed E-state index contributed by atoms with van der Waals surface area (Å²) in [6, 6.07) is 4.89. The molecule has 0 saturated carbocycles. The Morgan fingerprint density at radius 3 is 2.94 bits per heavy atom. The van der Waals surface area contributed by atoms with Crippen LogP contribution in [0.5, 0.6) is 0 Å². The Hall–Kier alpha value is -1.26. The molecule has 1 aromatic carbocycles. The van der Waals surface area contributed by atoms with Crippen molar-refractivity contribution in [3.05, 3.63) is 28.8 Å². The van der Waals surface area contributed by atoms with Gasteiger partial charge in [-0.25, -0.2) is 0 Å². The summed E-state index contributed by atoms with van der Waals surface area (Å²) in [5.41, 5.74) is 6.67. The maximum Gasteiger partial charge on any atom is 0.256 e. The molecule has 2 rings (SSSR count). The number of hydrogen-bond acceptors (Lipinski definition) is 3. The molecule has 1 amide bonds. The number of carbonyl (C=O) groups excluding carboxylic acids is 1. The highest BCUT2D eigenvalue weighted by Crippen LogP contribution is 2.25. The van der Waals surface area contributed by atoms with Gasteiger partial charge in [-0.15, -0.1) is 0 Å². The van der Waals surface area contributed by atoms with Gasteiger partial charge in [-0.2, -0.15) is 0 Å². The van der Waals surface area contributed by atoms with Crippen molar-refractivity contribution in [1.82, 2.24) is 4.90 Å². The SMILES string of the molecule is CC(O)C1CCN(C(=O)c2cc(Cl)ccc2N)C1. The van der Waals surface area contributed by atoms with Gasteiger partial charge in [-0.3, -0.25) is 4.79 Å². The molecule has 1 aliphatic heterocycles. The second-order valence-corrected chi connectivity index (χ2v) is 5.21. The van der Waals surface area contributed by atoms with Crippen LogP contribution >= 0.6 is 11.6 Å². The topological polar surface area (TPSA) is 66.6 Å². The lowest BCUT2D eigenvalue weighted by atomic mass is 10.0. The van der Waals surface area contributed by atoms with Gasteiger partial charge in [0.15, 0.2) is 0 Å². The van der Waals surface area contributed by atoms with Crippen LogP contribution in [0.4, 0.5) is 5.69 Å².